The van der Waals surface area contributed by atoms with Gasteiger partial charge in [-0.15, -0.1) is 0 Å². The highest BCUT2D eigenvalue weighted by Crippen LogP contribution is 2.32. The maximum absolute atomic E-state index is 11.8. The van der Waals surface area contributed by atoms with Gasteiger partial charge in [0.25, 0.3) is 0 Å². The molecule has 0 unspecified atom stereocenters. The van der Waals surface area contributed by atoms with Crippen LogP contribution in [0.25, 0.3) is 10.9 Å². The molecule has 1 aromatic heterocycles. The van der Waals surface area contributed by atoms with E-state index in [0.717, 1.165) is 18.9 Å². The van der Waals surface area contributed by atoms with Gasteiger partial charge in [0.1, 0.15) is 11.4 Å². The third-order valence-corrected chi connectivity index (χ3v) is 3.63. The van der Waals surface area contributed by atoms with Gasteiger partial charge in [0.05, 0.1) is 12.1 Å². The van der Waals surface area contributed by atoms with E-state index < -0.39 is 5.97 Å². The topological polar surface area (TPSA) is 68.1 Å². The van der Waals surface area contributed by atoms with Crippen LogP contribution in [-0.2, 0) is 4.74 Å². The molecule has 90 valence electrons. The van der Waals surface area contributed by atoms with E-state index in [1.807, 2.05) is 12.1 Å². The number of aromatic amines is 1. The average Bonchev–Trinajstić information content (AvgIpc) is 2.54. The summed E-state index contributed by atoms with van der Waals surface area (Å²) in [6.45, 7) is 2.10. The largest absolute Gasteiger partial charge is 0.462 e. The van der Waals surface area contributed by atoms with E-state index in [2.05, 4.69) is 43.5 Å². The zero-order chi connectivity index (χ0) is 12.6. The first kappa shape index (κ1) is 12.7. The number of fused-ring (bicyclic) bond motifs is 1. The summed E-state index contributed by atoms with van der Waals surface area (Å²) in [6.07, 6.45) is 0. The highest BCUT2D eigenvalue weighted by atomic mass is 127. The molecule has 3 N–H and O–H groups in total. The van der Waals surface area contributed by atoms with Gasteiger partial charge in [-0.2, -0.15) is 0 Å². The van der Waals surface area contributed by atoms with E-state index in [-0.39, 0.29) is 0 Å². The van der Waals surface area contributed by atoms with Gasteiger partial charge < -0.3 is 15.5 Å². The number of rotatable bonds is 2. The molecule has 1 aromatic carbocycles. The average molecular weight is 409 g/mol. The van der Waals surface area contributed by atoms with Crippen molar-refractivity contribution < 1.29 is 9.53 Å². The maximum Gasteiger partial charge on any atom is 0.342 e. The molecule has 17 heavy (non-hydrogen) atoms. The molecule has 4 nitrogen and oxygen atoms in total. The van der Waals surface area contributed by atoms with E-state index in [9.17, 15) is 4.79 Å². The number of hydrogen-bond acceptors (Lipinski definition) is 3. The SMILES string of the molecule is CCOC(=O)c1c(N)[nH]c2cc(Br)cc(I)c12. The molecule has 0 saturated carbocycles. The Labute approximate surface area is 120 Å². The van der Waals surface area contributed by atoms with Crippen molar-refractivity contribution in [3.8, 4) is 0 Å². The zero-order valence-corrected chi connectivity index (χ0v) is 12.8. The minimum atomic E-state index is -0.392. The van der Waals surface area contributed by atoms with Crippen molar-refractivity contribution in [1.29, 1.82) is 0 Å². The van der Waals surface area contributed by atoms with Crippen LogP contribution in [0.4, 0.5) is 5.82 Å². The highest BCUT2D eigenvalue weighted by molar-refractivity contribution is 14.1. The van der Waals surface area contributed by atoms with Gasteiger partial charge in [-0.3, -0.25) is 0 Å². The lowest BCUT2D eigenvalue weighted by Gasteiger charge is -2.02. The van der Waals surface area contributed by atoms with Crippen molar-refractivity contribution in [2.24, 2.45) is 0 Å². The van der Waals surface area contributed by atoms with E-state index in [1.54, 1.807) is 6.92 Å². The molecule has 0 aliphatic heterocycles. The lowest BCUT2D eigenvalue weighted by atomic mass is 10.1. The molecule has 2 aromatic rings. The van der Waals surface area contributed by atoms with Crippen molar-refractivity contribution in [2.45, 2.75) is 6.92 Å². The number of benzene rings is 1. The third-order valence-electron chi connectivity index (χ3n) is 2.32. The van der Waals surface area contributed by atoms with Crippen LogP contribution in [0, 0.1) is 3.57 Å². The standard InChI is InChI=1S/C11H10BrIN2O2/c1-2-17-11(16)9-8-6(13)3-5(12)4-7(8)15-10(9)14/h3-4,15H,2,14H2,1H3. The summed E-state index contributed by atoms with van der Waals surface area (Å²) in [4.78, 5) is 14.8. The number of esters is 1. The Hall–Kier alpha value is -0.760. The van der Waals surface area contributed by atoms with Crippen LogP contribution < -0.4 is 5.73 Å². The number of nitrogen functional groups attached to an aromatic ring is 1. The Morgan fingerprint density at radius 1 is 1.59 bits per heavy atom. The van der Waals surface area contributed by atoms with Gasteiger partial charge in [-0.25, -0.2) is 4.79 Å². The third kappa shape index (κ3) is 2.28. The van der Waals surface area contributed by atoms with Crippen molar-refractivity contribution in [3.63, 3.8) is 0 Å². The number of ether oxygens (including phenoxy) is 1. The minimum absolute atomic E-state index is 0.331. The fourth-order valence-electron chi connectivity index (χ4n) is 1.68. The lowest BCUT2D eigenvalue weighted by molar-refractivity contribution is 0.0530. The summed E-state index contributed by atoms with van der Waals surface area (Å²) in [5, 5.41) is 0.810. The molecule has 1 heterocycles. The molecule has 0 radical (unpaired) electrons. The van der Waals surface area contributed by atoms with Crippen LogP contribution in [0.5, 0.6) is 0 Å². The molecular weight excluding hydrogens is 399 g/mol. The number of carbonyl (C=O) groups is 1. The number of H-pyrrole nitrogens is 1. The Morgan fingerprint density at radius 3 is 2.94 bits per heavy atom. The van der Waals surface area contributed by atoms with E-state index in [4.69, 9.17) is 10.5 Å². The van der Waals surface area contributed by atoms with Crippen LogP contribution in [0.1, 0.15) is 17.3 Å². The van der Waals surface area contributed by atoms with Crippen molar-refractivity contribution in [2.75, 3.05) is 12.3 Å². The second-order valence-corrected chi connectivity index (χ2v) is 5.52. The van der Waals surface area contributed by atoms with Gasteiger partial charge in [0, 0.05) is 13.4 Å². The van der Waals surface area contributed by atoms with Gasteiger partial charge in [-0.1, -0.05) is 15.9 Å². The number of anilines is 1. The van der Waals surface area contributed by atoms with Gasteiger partial charge in [0.15, 0.2) is 0 Å². The maximum atomic E-state index is 11.8. The number of hydrogen-bond donors (Lipinski definition) is 2. The summed E-state index contributed by atoms with van der Waals surface area (Å²) in [6, 6.07) is 3.81. The summed E-state index contributed by atoms with van der Waals surface area (Å²) in [5.74, 6) is -0.0500. The van der Waals surface area contributed by atoms with Crippen LogP contribution in [0.15, 0.2) is 16.6 Å². The number of nitrogens with one attached hydrogen (secondary N) is 1. The molecule has 0 amide bonds. The first-order valence-electron chi connectivity index (χ1n) is 4.98. The number of aromatic nitrogens is 1. The van der Waals surface area contributed by atoms with Crippen LogP contribution >= 0.6 is 38.5 Å². The number of carbonyl (C=O) groups excluding carboxylic acids is 1. The zero-order valence-electron chi connectivity index (χ0n) is 9.01. The Morgan fingerprint density at radius 2 is 2.29 bits per heavy atom. The molecule has 0 spiro atoms. The van der Waals surface area contributed by atoms with Crippen LogP contribution in [0.2, 0.25) is 0 Å². The predicted octanol–water partition coefficient (Wildman–Crippen LogP) is 3.29. The normalized spacial score (nSPS) is 10.8. The summed E-state index contributed by atoms with van der Waals surface area (Å²) >= 11 is 5.57. The minimum Gasteiger partial charge on any atom is -0.462 e. The van der Waals surface area contributed by atoms with Crippen LogP contribution in [0.3, 0.4) is 0 Å². The lowest BCUT2D eigenvalue weighted by Crippen LogP contribution is -2.07. The molecule has 0 atom stereocenters. The summed E-state index contributed by atoms with van der Waals surface area (Å²) in [5.41, 5.74) is 7.07. The fourth-order valence-corrected chi connectivity index (χ4v) is 3.47. The first-order valence-corrected chi connectivity index (χ1v) is 6.85. The second-order valence-electron chi connectivity index (χ2n) is 3.44. The molecule has 0 saturated heterocycles. The summed E-state index contributed by atoms with van der Waals surface area (Å²) in [7, 11) is 0. The van der Waals surface area contributed by atoms with Gasteiger partial charge in [-0.05, 0) is 41.6 Å². The summed E-state index contributed by atoms with van der Waals surface area (Å²) < 4.78 is 6.89. The number of halogens is 2. The van der Waals surface area contributed by atoms with E-state index >= 15 is 0 Å². The van der Waals surface area contributed by atoms with E-state index in [0.29, 0.717) is 18.0 Å². The van der Waals surface area contributed by atoms with Gasteiger partial charge in [0.2, 0.25) is 0 Å². The smallest absolute Gasteiger partial charge is 0.342 e. The van der Waals surface area contributed by atoms with Crippen molar-refractivity contribution in [3.05, 3.63) is 25.7 Å². The Kier molecular flexibility index (Phi) is 3.62. The Balaban J connectivity index is 2.71. The molecule has 2 rings (SSSR count). The fraction of sp³-hybridized carbons (Fsp3) is 0.182. The molecule has 0 aliphatic carbocycles. The van der Waals surface area contributed by atoms with Crippen molar-refractivity contribution in [1.82, 2.24) is 4.98 Å². The van der Waals surface area contributed by atoms with E-state index in [1.165, 1.54) is 0 Å². The van der Waals surface area contributed by atoms with Gasteiger partial charge >= 0.3 is 5.97 Å². The molecule has 0 bridgehead atoms. The van der Waals surface area contributed by atoms with Crippen LogP contribution in [-0.4, -0.2) is 17.6 Å². The highest BCUT2D eigenvalue weighted by Gasteiger charge is 2.20. The predicted molar refractivity (Wildman–Crippen MR) is 79.1 cm³/mol. The number of nitrogens with two attached hydrogens (primary N) is 1. The molecular formula is C11H10BrIN2O2. The first-order chi connectivity index (χ1) is 8.04. The molecule has 0 aliphatic rings. The second kappa shape index (κ2) is 4.85. The molecule has 0 fully saturated rings. The quantitative estimate of drug-likeness (QED) is 0.591. The Bertz CT molecular complexity index is 595. The molecule has 6 heteroatoms. The monoisotopic (exact) mass is 408 g/mol. The van der Waals surface area contributed by atoms with Crippen molar-refractivity contribution >= 4 is 61.2 Å².